The van der Waals surface area contributed by atoms with E-state index in [4.69, 9.17) is 0 Å². The Morgan fingerprint density at radius 2 is 1.70 bits per heavy atom. The molecule has 1 saturated carbocycles. The fourth-order valence-corrected chi connectivity index (χ4v) is 8.09. The average Bonchev–Trinajstić information content (AvgIpc) is 3.53. The monoisotopic (exact) mass is 614 g/mol. The van der Waals surface area contributed by atoms with Gasteiger partial charge in [0.1, 0.15) is 12.7 Å². The lowest BCUT2D eigenvalue weighted by Gasteiger charge is -2.38. The molecule has 2 fully saturated rings. The van der Waals surface area contributed by atoms with Crippen molar-refractivity contribution >= 4 is 27.3 Å². The molecule has 1 amide bonds. The van der Waals surface area contributed by atoms with Gasteiger partial charge in [-0.1, -0.05) is 18.2 Å². The number of rotatable bonds is 11. The third kappa shape index (κ3) is 8.38. The summed E-state index contributed by atoms with van der Waals surface area (Å²) in [5.41, 5.74) is 2.18. The molecule has 0 bridgehead atoms. The summed E-state index contributed by atoms with van der Waals surface area (Å²) in [4.78, 5) is 19.0. The van der Waals surface area contributed by atoms with Crippen LogP contribution in [0.4, 0.5) is 20.2 Å². The van der Waals surface area contributed by atoms with Crippen LogP contribution in [0.5, 0.6) is 0 Å². The maximum atomic E-state index is 13.7. The van der Waals surface area contributed by atoms with Gasteiger partial charge in [-0.15, -0.1) is 0 Å². The van der Waals surface area contributed by atoms with Crippen molar-refractivity contribution in [3.05, 3.63) is 67.3 Å². The van der Waals surface area contributed by atoms with Gasteiger partial charge in [-0.3, -0.25) is 14.0 Å². The molecule has 2 aliphatic rings. The predicted octanol–water partition coefficient (Wildman–Crippen LogP) is 5.36. The lowest BCUT2D eigenvalue weighted by atomic mass is 9.88. The van der Waals surface area contributed by atoms with Gasteiger partial charge in [-0.2, -0.15) is 5.10 Å². The number of alkyl halides is 2. The molecule has 1 atom stereocenters. The molecular formula is C31H40F2N6O3S. The van der Waals surface area contributed by atoms with E-state index in [0.717, 1.165) is 37.3 Å². The highest BCUT2D eigenvalue weighted by Crippen LogP contribution is 2.37. The topological polar surface area (TPSA) is 100 Å². The van der Waals surface area contributed by atoms with E-state index in [1.807, 2.05) is 49.4 Å². The quantitative estimate of drug-likeness (QED) is 0.312. The van der Waals surface area contributed by atoms with E-state index in [2.05, 4.69) is 20.3 Å². The van der Waals surface area contributed by atoms with E-state index in [1.54, 1.807) is 23.1 Å². The Morgan fingerprint density at radius 3 is 2.33 bits per heavy atom. The van der Waals surface area contributed by atoms with Gasteiger partial charge in [0, 0.05) is 37.5 Å². The van der Waals surface area contributed by atoms with Gasteiger partial charge >= 0.3 is 0 Å². The third-order valence-corrected chi connectivity index (χ3v) is 10.6. The van der Waals surface area contributed by atoms with Crippen molar-refractivity contribution in [3.8, 4) is 5.69 Å². The minimum atomic E-state index is -3.72. The Balaban J connectivity index is 1.13. The zero-order chi connectivity index (χ0) is 30.5. The Bertz CT molecular complexity index is 1420. The number of piperidine rings is 1. The highest BCUT2D eigenvalue weighted by Gasteiger charge is 2.38. The van der Waals surface area contributed by atoms with E-state index in [1.165, 1.54) is 10.6 Å². The number of nitrogens with one attached hydrogen (secondary N) is 1. The second kappa shape index (κ2) is 13.5. The van der Waals surface area contributed by atoms with E-state index in [0.29, 0.717) is 12.1 Å². The summed E-state index contributed by atoms with van der Waals surface area (Å²) in [6.45, 7) is 3.85. The minimum Gasteiger partial charge on any atom is -0.326 e. The summed E-state index contributed by atoms with van der Waals surface area (Å²) in [6, 6.07) is 16.4. The van der Waals surface area contributed by atoms with Crippen LogP contribution in [0.2, 0.25) is 0 Å². The van der Waals surface area contributed by atoms with Crippen LogP contribution in [0.1, 0.15) is 51.9 Å². The maximum absolute atomic E-state index is 13.7. The fourth-order valence-electron chi connectivity index (χ4n) is 6.09. The number of anilines is 2. The van der Waals surface area contributed by atoms with E-state index in [-0.39, 0.29) is 61.8 Å². The van der Waals surface area contributed by atoms with Crippen molar-refractivity contribution in [2.45, 2.75) is 63.8 Å². The molecule has 5 rings (SSSR count). The highest BCUT2D eigenvalue weighted by molar-refractivity contribution is 7.92. The van der Waals surface area contributed by atoms with Gasteiger partial charge in [-0.25, -0.2) is 26.9 Å². The molecule has 1 saturated heterocycles. The summed E-state index contributed by atoms with van der Waals surface area (Å²) in [7, 11) is -3.72. The number of aromatic nitrogens is 3. The molecule has 0 spiro atoms. The zero-order valence-corrected chi connectivity index (χ0v) is 25.3. The van der Waals surface area contributed by atoms with E-state index >= 15 is 0 Å². The molecule has 43 heavy (non-hydrogen) atoms. The van der Waals surface area contributed by atoms with Crippen molar-refractivity contribution in [3.63, 3.8) is 0 Å². The van der Waals surface area contributed by atoms with Crippen molar-refractivity contribution < 1.29 is 22.0 Å². The molecule has 1 aliphatic heterocycles. The van der Waals surface area contributed by atoms with Crippen molar-refractivity contribution in [2.75, 3.05) is 35.0 Å². The number of likely N-dealkylation sites (tertiary alicyclic amines) is 1. The van der Waals surface area contributed by atoms with Gasteiger partial charge in [-0.05, 0) is 93.9 Å². The average molecular weight is 615 g/mol. The number of para-hydroxylation sites is 1. The van der Waals surface area contributed by atoms with Crippen LogP contribution in [0.15, 0.2) is 67.3 Å². The van der Waals surface area contributed by atoms with Crippen molar-refractivity contribution in [1.29, 1.82) is 0 Å². The normalized spacial score (nSPS) is 19.1. The van der Waals surface area contributed by atoms with Crippen LogP contribution in [-0.2, 0) is 14.8 Å². The molecule has 1 aliphatic carbocycles. The lowest BCUT2D eigenvalue weighted by Crippen LogP contribution is -2.48. The second-order valence-corrected chi connectivity index (χ2v) is 13.9. The molecule has 2 heterocycles. The maximum Gasteiger partial charge on any atom is 0.248 e. The van der Waals surface area contributed by atoms with Crippen LogP contribution >= 0.6 is 0 Å². The number of hydrogen-bond acceptors (Lipinski definition) is 6. The number of carbonyl (C=O) groups is 1. The minimum absolute atomic E-state index is 0.0261. The van der Waals surface area contributed by atoms with Crippen molar-refractivity contribution in [2.24, 2.45) is 11.8 Å². The summed E-state index contributed by atoms with van der Waals surface area (Å²) >= 11 is 0. The van der Waals surface area contributed by atoms with Crippen LogP contribution in [0.3, 0.4) is 0 Å². The van der Waals surface area contributed by atoms with Gasteiger partial charge in [0.05, 0.1) is 17.1 Å². The van der Waals surface area contributed by atoms with E-state index in [9.17, 15) is 22.0 Å². The molecule has 232 valence electrons. The molecular weight excluding hydrogens is 574 g/mol. The molecule has 3 aromatic rings. The number of carbonyl (C=O) groups excluding carboxylic acids is 1. The summed E-state index contributed by atoms with van der Waals surface area (Å²) in [6.07, 6.45) is 5.14. The first-order chi connectivity index (χ1) is 20.6. The zero-order valence-electron chi connectivity index (χ0n) is 24.5. The SMILES string of the molecule is C[C@H](CN(c1ccccc1)S(=O)(=O)CC1CCC(F)(F)CC1)N1CCC(CC(=O)Nc2ccc(-n3cncn3)cc2)CC1. The van der Waals surface area contributed by atoms with Gasteiger partial charge in [0.25, 0.3) is 0 Å². The Labute approximate surface area is 252 Å². The summed E-state index contributed by atoms with van der Waals surface area (Å²) in [5, 5.41) is 7.08. The number of hydrogen-bond donors (Lipinski definition) is 1. The van der Waals surface area contributed by atoms with Crippen molar-refractivity contribution in [1.82, 2.24) is 19.7 Å². The Hall–Kier alpha value is -3.38. The summed E-state index contributed by atoms with van der Waals surface area (Å²) < 4.78 is 57.8. The number of halogens is 2. The predicted molar refractivity (Wildman–Crippen MR) is 163 cm³/mol. The Kier molecular flexibility index (Phi) is 9.75. The van der Waals surface area contributed by atoms with Gasteiger partial charge in [0.2, 0.25) is 21.9 Å². The molecule has 0 unspecified atom stereocenters. The molecule has 9 nitrogen and oxygen atoms in total. The first-order valence-corrected chi connectivity index (χ1v) is 16.6. The molecule has 2 aromatic carbocycles. The third-order valence-electron chi connectivity index (χ3n) is 8.67. The molecule has 1 aromatic heterocycles. The van der Waals surface area contributed by atoms with Gasteiger partial charge < -0.3 is 5.32 Å². The van der Waals surface area contributed by atoms with Crippen LogP contribution < -0.4 is 9.62 Å². The van der Waals surface area contributed by atoms with Gasteiger partial charge in [0.15, 0.2) is 0 Å². The summed E-state index contributed by atoms with van der Waals surface area (Å²) in [5.74, 6) is -2.85. The number of amides is 1. The number of nitrogens with zero attached hydrogens (tertiary/aromatic N) is 5. The lowest BCUT2D eigenvalue weighted by molar-refractivity contribution is -0.117. The molecule has 0 radical (unpaired) electrons. The van der Waals surface area contributed by atoms with Crippen LogP contribution in [0, 0.1) is 11.8 Å². The second-order valence-electron chi connectivity index (χ2n) is 11.9. The number of sulfonamides is 1. The number of benzene rings is 2. The smallest absolute Gasteiger partial charge is 0.248 e. The first-order valence-electron chi connectivity index (χ1n) is 15.0. The largest absolute Gasteiger partial charge is 0.326 e. The molecule has 12 heteroatoms. The first kappa shape index (κ1) is 31.1. The van der Waals surface area contributed by atoms with E-state index < -0.39 is 15.9 Å². The fraction of sp³-hybridized carbons (Fsp3) is 0.516. The van der Waals surface area contributed by atoms with Crippen LogP contribution in [0.25, 0.3) is 5.69 Å². The highest BCUT2D eigenvalue weighted by atomic mass is 32.2. The standard InChI is InChI=1S/C31H40F2N6O3S/c1-24(20-39(29-5-3-2-4-6-29)43(41,42)21-26-11-15-31(32,33)16-12-26)37-17-13-25(14-18-37)19-30(40)36-27-7-9-28(10-8-27)38-23-34-22-35-38/h2-10,22-26H,11-21H2,1H3,(H,36,40)/t24-/m1/s1. The molecule has 1 N–H and O–H groups in total. The van der Waals surface area contributed by atoms with Crippen LogP contribution in [-0.4, -0.2) is 71.3 Å². The Morgan fingerprint density at radius 1 is 1.02 bits per heavy atom.